The van der Waals surface area contributed by atoms with Gasteiger partial charge in [-0.1, -0.05) is 19.8 Å². The summed E-state index contributed by atoms with van der Waals surface area (Å²) in [6.07, 6.45) is 8.51. The van der Waals surface area contributed by atoms with Gasteiger partial charge in [-0.25, -0.2) is 5.01 Å². The summed E-state index contributed by atoms with van der Waals surface area (Å²) in [6, 6.07) is 0. The molecule has 0 unspecified atom stereocenters. The molecule has 2 rings (SSSR count). The molecule has 1 spiro atoms. The molecule has 2 N–H and O–H groups in total. The lowest BCUT2D eigenvalue weighted by molar-refractivity contribution is 0.0549. The molecule has 0 aromatic rings. The fourth-order valence-electron chi connectivity index (χ4n) is 2.87. The Hall–Kier alpha value is -0.0800. The van der Waals surface area contributed by atoms with Crippen molar-refractivity contribution >= 4 is 0 Å². The Morgan fingerprint density at radius 1 is 1.08 bits per heavy atom. The number of nitrogens with two attached hydrogens (primary N) is 1. The van der Waals surface area contributed by atoms with Crippen molar-refractivity contribution in [2.75, 3.05) is 13.1 Å². The highest BCUT2D eigenvalue weighted by atomic mass is 15.4. The molecule has 1 aliphatic heterocycles. The standard InChI is InChI=1S/C11H22N2/c1-10-2-4-11(5-3-10)6-8-13(12)9-7-11/h10H,2-9,12H2,1H3. The van der Waals surface area contributed by atoms with Crippen molar-refractivity contribution in [2.24, 2.45) is 17.2 Å². The van der Waals surface area contributed by atoms with Crippen molar-refractivity contribution in [2.45, 2.75) is 45.4 Å². The second-order valence-corrected chi connectivity index (χ2v) is 5.22. The Bertz CT molecular complexity index is 139. The summed E-state index contributed by atoms with van der Waals surface area (Å²) in [4.78, 5) is 0. The first-order chi connectivity index (χ1) is 6.20. The maximum absolute atomic E-state index is 5.79. The Balaban J connectivity index is 1.90. The molecular weight excluding hydrogens is 160 g/mol. The maximum atomic E-state index is 5.79. The molecule has 2 heteroatoms. The van der Waals surface area contributed by atoms with Gasteiger partial charge >= 0.3 is 0 Å². The van der Waals surface area contributed by atoms with Crippen LogP contribution in [0.5, 0.6) is 0 Å². The Morgan fingerprint density at radius 3 is 2.15 bits per heavy atom. The molecule has 1 aliphatic carbocycles. The molecule has 0 aromatic carbocycles. The molecule has 0 aromatic heterocycles. The van der Waals surface area contributed by atoms with Crippen LogP contribution >= 0.6 is 0 Å². The zero-order valence-corrected chi connectivity index (χ0v) is 8.76. The van der Waals surface area contributed by atoms with Crippen LogP contribution in [0.4, 0.5) is 0 Å². The largest absolute Gasteiger partial charge is 0.269 e. The van der Waals surface area contributed by atoms with Gasteiger partial charge in [0, 0.05) is 13.1 Å². The first-order valence-corrected chi connectivity index (χ1v) is 5.70. The minimum atomic E-state index is 0.697. The van der Waals surface area contributed by atoms with E-state index in [1.165, 1.54) is 38.5 Å². The van der Waals surface area contributed by atoms with E-state index >= 15 is 0 Å². The van der Waals surface area contributed by atoms with Crippen molar-refractivity contribution < 1.29 is 0 Å². The summed E-state index contributed by atoms with van der Waals surface area (Å²) in [6.45, 7) is 4.63. The molecule has 0 atom stereocenters. The third-order valence-corrected chi connectivity index (χ3v) is 4.19. The normalized spacial score (nSPS) is 30.9. The number of rotatable bonds is 0. The zero-order chi connectivity index (χ0) is 9.31. The van der Waals surface area contributed by atoms with E-state index in [4.69, 9.17) is 5.84 Å². The van der Waals surface area contributed by atoms with Crippen LogP contribution in [0.25, 0.3) is 0 Å². The molecule has 76 valence electrons. The van der Waals surface area contributed by atoms with Gasteiger partial charge in [0.25, 0.3) is 0 Å². The monoisotopic (exact) mass is 182 g/mol. The lowest BCUT2D eigenvalue weighted by atomic mass is 9.66. The zero-order valence-electron chi connectivity index (χ0n) is 8.76. The summed E-state index contributed by atoms with van der Waals surface area (Å²) in [5.41, 5.74) is 0.697. The average Bonchev–Trinajstić information content (AvgIpc) is 2.16. The molecule has 1 saturated heterocycles. The SMILES string of the molecule is CC1CCC2(CC1)CCN(N)CC2. The van der Waals surface area contributed by atoms with Crippen molar-refractivity contribution in [1.29, 1.82) is 0 Å². The second kappa shape index (κ2) is 3.58. The van der Waals surface area contributed by atoms with E-state index in [1.807, 2.05) is 5.01 Å². The number of piperidine rings is 1. The maximum Gasteiger partial charge on any atom is 0.0133 e. The highest BCUT2D eigenvalue weighted by Crippen LogP contribution is 2.45. The first-order valence-electron chi connectivity index (χ1n) is 5.70. The van der Waals surface area contributed by atoms with Crippen molar-refractivity contribution in [3.05, 3.63) is 0 Å². The van der Waals surface area contributed by atoms with Crippen LogP contribution in [0, 0.1) is 11.3 Å². The van der Waals surface area contributed by atoms with Gasteiger partial charge in [0.2, 0.25) is 0 Å². The Morgan fingerprint density at radius 2 is 1.62 bits per heavy atom. The number of hydrazine groups is 1. The van der Waals surface area contributed by atoms with Gasteiger partial charge in [0.1, 0.15) is 0 Å². The molecule has 0 radical (unpaired) electrons. The van der Waals surface area contributed by atoms with E-state index in [2.05, 4.69) is 6.92 Å². The molecule has 0 amide bonds. The number of nitrogens with zero attached hydrogens (tertiary/aromatic N) is 1. The average molecular weight is 182 g/mol. The molecule has 2 aliphatic rings. The van der Waals surface area contributed by atoms with E-state index in [0.717, 1.165) is 19.0 Å². The second-order valence-electron chi connectivity index (χ2n) is 5.22. The Kier molecular flexibility index (Phi) is 2.61. The smallest absolute Gasteiger partial charge is 0.0133 e. The third kappa shape index (κ3) is 2.05. The Labute approximate surface area is 81.4 Å². The summed E-state index contributed by atoms with van der Waals surface area (Å²) in [7, 11) is 0. The van der Waals surface area contributed by atoms with Crippen LogP contribution in [0.2, 0.25) is 0 Å². The van der Waals surface area contributed by atoms with E-state index in [9.17, 15) is 0 Å². The summed E-state index contributed by atoms with van der Waals surface area (Å²) >= 11 is 0. The van der Waals surface area contributed by atoms with Crippen molar-refractivity contribution in [3.8, 4) is 0 Å². The molecule has 2 fully saturated rings. The quantitative estimate of drug-likeness (QED) is 0.582. The third-order valence-electron chi connectivity index (χ3n) is 4.19. The highest BCUT2D eigenvalue weighted by Gasteiger charge is 2.36. The topological polar surface area (TPSA) is 29.3 Å². The van der Waals surface area contributed by atoms with Gasteiger partial charge in [-0.05, 0) is 37.0 Å². The van der Waals surface area contributed by atoms with E-state index in [1.54, 1.807) is 0 Å². The van der Waals surface area contributed by atoms with Crippen LogP contribution in [0.15, 0.2) is 0 Å². The van der Waals surface area contributed by atoms with Crippen molar-refractivity contribution in [1.82, 2.24) is 5.01 Å². The lowest BCUT2D eigenvalue weighted by Gasteiger charge is -2.44. The number of hydrogen-bond acceptors (Lipinski definition) is 2. The van der Waals surface area contributed by atoms with E-state index in [0.29, 0.717) is 5.41 Å². The summed E-state index contributed by atoms with van der Waals surface area (Å²) in [5, 5.41) is 1.99. The highest BCUT2D eigenvalue weighted by molar-refractivity contribution is 4.88. The van der Waals surface area contributed by atoms with Crippen LogP contribution in [-0.4, -0.2) is 18.1 Å². The van der Waals surface area contributed by atoms with Gasteiger partial charge in [-0.15, -0.1) is 0 Å². The molecule has 1 heterocycles. The summed E-state index contributed by atoms with van der Waals surface area (Å²) in [5.74, 6) is 6.76. The molecule has 1 saturated carbocycles. The number of hydrogen-bond donors (Lipinski definition) is 1. The molecular formula is C11H22N2. The minimum Gasteiger partial charge on any atom is -0.269 e. The fraction of sp³-hybridized carbons (Fsp3) is 1.00. The van der Waals surface area contributed by atoms with Crippen LogP contribution in [-0.2, 0) is 0 Å². The predicted molar refractivity (Wildman–Crippen MR) is 55.1 cm³/mol. The lowest BCUT2D eigenvalue weighted by Crippen LogP contribution is -2.44. The van der Waals surface area contributed by atoms with Gasteiger partial charge in [-0.2, -0.15) is 0 Å². The fourth-order valence-corrected chi connectivity index (χ4v) is 2.87. The van der Waals surface area contributed by atoms with E-state index in [-0.39, 0.29) is 0 Å². The minimum absolute atomic E-state index is 0.697. The molecule has 2 nitrogen and oxygen atoms in total. The van der Waals surface area contributed by atoms with Gasteiger partial charge in [0.15, 0.2) is 0 Å². The molecule has 13 heavy (non-hydrogen) atoms. The van der Waals surface area contributed by atoms with Gasteiger partial charge in [-0.3, -0.25) is 5.84 Å². The van der Waals surface area contributed by atoms with Crippen LogP contribution in [0.1, 0.15) is 45.4 Å². The van der Waals surface area contributed by atoms with Crippen molar-refractivity contribution in [3.63, 3.8) is 0 Å². The first kappa shape index (κ1) is 9.47. The predicted octanol–water partition coefficient (Wildman–Crippen LogP) is 2.15. The summed E-state index contributed by atoms with van der Waals surface area (Å²) < 4.78 is 0. The van der Waals surface area contributed by atoms with Gasteiger partial charge < -0.3 is 0 Å². The molecule has 0 bridgehead atoms. The van der Waals surface area contributed by atoms with Crippen LogP contribution in [0.3, 0.4) is 0 Å². The van der Waals surface area contributed by atoms with Crippen LogP contribution < -0.4 is 5.84 Å². The van der Waals surface area contributed by atoms with Gasteiger partial charge in [0.05, 0.1) is 0 Å². The van der Waals surface area contributed by atoms with E-state index < -0.39 is 0 Å².